The van der Waals surface area contributed by atoms with Gasteiger partial charge in [0.05, 0.1) is 6.04 Å². The predicted molar refractivity (Wildman–Crippen MR) is 91.0 cm³/mol. The molecule has 3 heteroatoms. The first kappa shape index (κ1) is 13.9. The molecule has 0 heterocycles. The van der Waals surface area contributed by atoms with E-state index >= 15 is 0 Å². The first-order chi connectivity index (χ1) is 10.2. The Labute approximate surface area is 129 Å². The third kappa shape index (κ3) is 2.73. The molecule has 0 radical (unpaired) electrons. The molecule has 0 aliphatic rings. The summed E-state index contributed by atoms with van der Waals surface area (Å²) in [4.78, 5) is 0. The molecule has 0 spiro atoms. The van der Waals surface area contributed by atoms with Crippen LogP contribution in [0.25, 0.3) is 10.8 Å². The molecular formula is C18H17ClN2. The Kier molecular flexibility index (Phi) is 3.82. The molecule has 0 saturated heterocycles. The van der Waals surface area contributed by atoms with Gasteiger partial charge in [-0.1, -0.05) is 48.0 Å². The van der Waals surface area contributed by atoms with Gasteiger partial charge in [0, 0.05) is 17.8 Å². The summed E-state index contributed by atoms with van der Waals surface area (Å²) >= 11 is 6.12. The first-order valence-corrected chi connectivity index (χ1v) is 7.28. The summed E-state index contributed by atoms with van der Waals surface area (Å²) in [6.07, 6.45) is 0. The number of benzene rings is 3. The van der Waals surface area contributed by atoms with Gasteiger partial charge in [0.1, 0.15) is 0 Å². The highest BCUT2D eigenvalue weighted by molar-refractivity contribution is 6.30. The molecule has 3 rings (SSSR count). The van der Waals surface area contributed by atoms with Gasteiger partial charge in [0.15, 0.2) is 0 Å². The maximum absolute atomic E-state index is 6.45. The molecule has 0 unspecified atom stereocenters. The summed E-state index contributed by atoms with van der Waals surface area (Å²) in [6.45, 7) is 0. The maximum atomic E-state index is 6.45. The van der Waals surface area contributed by atoms with Crippen LogP contribution in [0.4, 0.5) is 5.69 Å². The summed E-state index contributed by atoms with van der Waals surface area (Å²) in [6, 6.07) is 20.1. The van der Waals surface area contributed by atoms with Crippen molar-refractivity contribution >= 4 is 28.1 Å². The van der Waals surface area contributed by atoms with Crippen LogP contribution in [0.3, 0.4) is 0 Å². The molecule has 0 aliphatic heterocycles. The quantitative estimate of drug-likeness (QED) is 0.742. The topological polar surface area (TPSA) is 38.0 Å². The normalized spacial score (nSPS) is 12.3. The second kappa shape index (κ2) is 5.76. The number of halogens is 1. The van der Waals surface area contributed by atoms with Gasteiger partial charge >= 0.3 is 0 Å². The van der Waals surface area contributed by atoms with Gasteiger partial charge in [-0.3, -0.25) is 0 Å². The van der Waals surface area contributed by atoms with Crippen LogP contribution < -0.4 is 11.1 Å². The Morgan fingerprint density at radius 3 is 2.48 bits per heavy atom. The molecule has 0 amide bonds. The van der Waals surface area contributed by atoms with Crippen molar-refractivity contribution in [3.63, 3.8) is 0 Å². The Morgan fingerprint density at radius 2 is 1.71 bits per heavy atom. The van der Waals surface area contributed by atoms with E-state index in [9.17, 15) is 0 Å². The van der Waals surface area contributed by atoms with Crippen molar-refractivity contribution in [2.75, 3.05) is 12.4 Å². The lowest BCUT2D eigenvalue weighted by molar-refractivity contribution is 0.875. The van der Waals surface area contributed by atoms with Crippen molar-refractivity contribution in [3.05, 3.63) is 76.8 Å². The molecule has 106 valence electrons. The van der Waals surface area contributed by atoms with Gasteiger partial charge in [0.25, 0.3) is 0 Å². The molecule has 21 heavy (non-hydrogen) atoms. The molecule has 0 aromatic heterocycles. The van der Waals surface area contributed by atoms with E-state index < -0.39 is 0 Å². The lowest BCUT2D eigenvalue weighted by Crippen LogP contribution is -2.13. The number of anilines is 1. The van der Waals surface area contributed by atoms with E-state index in [1.54, 1.807) is 0 Å². The van der Waals surface area contributed by atoms with Gasteiger partial charge in [-0.05, 0) is 46.2 Å². The lowest BCUT2D eigenvalue weighted by Gasteiger charge is -2.17. The van der Waals surface area contributed by atoms with E-state index in [2.05, 4.69) is 35.6 Å². The fourth-order valence-corrected chi connectivity index (χ4v) is 2.78. The molecule has 3 aromatic carbocycles. The molecule has 0 aliphatic carbocycles. The fraction of sp³-hybridized carbons (Fsp3) is 0.111. The zero-order chi connectivity index (χ0) is 14.8. The number of fused-ring (bicyclic) bond motifs is 1. The van der Waals surface area contributed by atoms with Gasteiger partial charge in [-0.25, -0.2) is 0 Å². The minimum absolute atomic E-state index is 0.212. The average Bonchev–Trinajstić information content (AvgIpc) is 2.53. The molecule has 0 saturated carbocycles. The Hall–Kier alpha value is -2.03. The van der Waals surface area contributed by atoms with Crippen LogP contribution >= 0.6 is 11.6 Å². The smallest absolute Gasteiger partial charge is 0.0572 e. The van der Waals surface area contributed by atoms with E-state index in [1.807, 2.05) is 37.4 Å². The van der Waals surface area contributed by atoms with Crippen LogP contribution in [0.1, 0.15) is 17.2 Å². The minimum Gasteiger partial charge on any atom is -0.388 e. The Morgan fingerprint density at radius 1 is 0.952 bits per heavy atom. The molecule has 0 bridgehead atoms. The van der Waals surface area contributed by atoms with Crippen LogP contribution in [0.15, 0.2) is 60.7 Å². The second-order valence-corrected chi connectivity index (χ2v) is 5.50. The van der Waals surface area contributed by atoms with Crippen molar-refractivity contribution in [2.24, 2.45) is 5.73 Å². The third-order valence-electron chi connectivity index (χ3n) is 3.75. The number of rotatable bonds is 3. The van der Waals surface area contributed by atoms with Crippen LogP contribution in [0.5, 0.6) is 0 Å². The van der Waals surface area contributed by atoms with Gasteiger partial charge in [-0.15, -0.1) is 0 Å². The third-order valence-corrected chi connectivity index (χ3v) is 3.99. The highest BCUT2D eigenvalue weighted by Crippen LogP contribution is 2.30. The average molecular weight is 297 g/mol. The van der Waals surface area contributed by atoms with Gasteiger partial charge in [-0.2, -0.15) is 0 Å². The number of nitrogens with one attached hydrogen (secondary N) is 1. The van der Waals surface area contributed by atoms with E-state index in [0.29, 0.717) is 5.02 Å². The van der Waals surface area contributed by atoms with E-state index in [4.69, 9.17) is 17.3 Å². The highest BCUT2D eigenvalue weighted by Gasteiger charge is 2.14. The molecule has 2 nitrogen and oxygen atoms in total. The summed E-state index contributed by atoms with van der Waals surface area (Å²) in [5.41, 5.74) is 9.53. The summed E-state index contributed by atoms with van der Waals surface area (Å²) in [5, 5.41) is 6.28. The number of hydrogen-bond donors (Lipinski definition) is 2. The molecule has 1 atom stereocenters. The zero-order valence-corrected chi connectivity index (χ0v) is 12.6. The summed E-state index contributed by atoms with van der Waals surface area (Å²) in [5.74, 6) is 0. The van der Waals surface area contributed by atoms with Crippen LogP contribution in [0.2, 0.25) is 5.02 Å². The molecule has 0 fully saturated rings. The summed E-state index contributed by atoms with van der Waals surface area (Å²) < 4.78 is 0. The SMILES string of the molecule is CNc1ccc(Cl)cc1[C@H](N)c1ccc2ccccc2c1. The van der Waals surface area contributed by atoms with Crippen molar-refractivity contribution < 1.29 is 0 Å². The largest absolute Gasteiger partial charge is 0.388 e. The second-order valence-electron chi connectivity index (χ2n) is 5.07. The van der Waals surface area contributed by atoms with E-state index in [1.165, 1.54) is 10.8 Å². The Bertz CT molecular complexity index is 783. The van der Waals surface area contributed by atoms with Crippen LogP contribution in [-0.4, -0.2) is 7.05 Å². The maximum Gasteiger partial charge on any atom is 0.0572 e. The number of hydrogen-bond acceptors (Lipinski definition) is 2. The first-order valence-electron chi connectivity index (χ1n) is 6.90. The van der Waals surface area contributed by atoms with Crippen molar-refractivity contribution in [1.29, 1.82) is 0 Å². The van der Waals surface area contributed by atoms with Crippen LogP contribution in [0, 0.1) is 0 Å². The van der Waals surface area contributed by atoms with E-state index in [-0.39, 0.29) is 6.04 Å². The monoisotopic (exact) mass is 296 g/mol. The fourth-order valence-electron chi connectivity index (χ4n) is 2.60. The minimum atomic E-state index is -0.212. The van der Waals surface area contributed by atoms with Crippen molar-refractivity contribution in [3.8, 4) is 0 Å². The molecule has 3 aromatic rings. The predicted octanol–water partition coefficient (Wildman–Crippen LogP) is 4.58. The van der Waals surface area contributed by atoms with Crippen LogP contribution in [-0.2, 0) is 0 Å². The standard InChI is InChI=1S/C18H17ClN2/c1-21-17-9-8-15(19)11-16(17)18(20)14-7-6-12-4-2-3-5-13(12)10-14/h2-11,18,21H,20H2,1H3/t18-/m1/s1. The highest BCUT2D eigenvalue weighted by atomic mass is 35.5. The number of nitrogens with two attached hydrogens (primary N) is 1. The van der Waals surface area contributed by atoms with E-state index in [0.717, 1.165) is 16.8 Å². The lowest BCUT2D eigenvalue weighted by atomic mass is 9.96. The molecular weight excluding hydrogens is 280 g/mol. The summed E-state index contributed by atoms with van der Waals surface area (Å²) in [7, 11) is 1.89. The zero-order valence-electron chi connectivity index (χ0n) is 11.8. The Balaban J connectivity index is 2.07. The van der Waals surface area contributed by atoms with Crippen molar-refractivity contribution in [2.45, 2.75) is 6.04 Å². The van der Waals surface area contributed by atoms with Crippen molar-refractivity contribution in [1.82, 2.24) is 0 Å². The van der Waals surface area contributed by atoms with Gasteiger partial charge < -0.3 is 11.1 Å². The van der Waals surface area contributed by atoms with Gasteiger partial charge in [0.2, 0.25) is 0 Å². The molecule has 3 N–H and O–H groups in total.